The number of hydrogen-bond acceptors (Lipinski definition) is 2. The lowest BCUT2D eigenvalue weighted by molar-refractivity contribution is 0.414. The third kappa shape index (κ3) is 3.92. The van der Waals surface area contributed by atoms with Crippen molar-refractivity contribution in [3.63, 3.8) is 0 Å². The maximum Gasteiger partial charge on any atom is 0.0891 e. The van der Waals surface area contributed by atoms with E-state index in [2.05, 4.69) is 6.58 Å². The molecule has 0 atom stereocenters. The molecule has 0 saturated carbocycles. The van der Waals surface area contributed by atoms with Crippen molar-refractivity contribution in [2.75, 3.05) is 6.54 Å². The summed E-state index contributed by atoms with van der Waals surface area (Å²) in [6.07, 6.45) is 4.99. The largest absolute Gasteiger partial charge is 0.513 e. The zero-order valence-electron chi connectivity index (χ0n) is 6.17. The molecule has 56 valence electrons. The summed E-state index contributed by atoms with van der Waals surface area (Å²) in [6.45, 7) is 5.61. The van der Waals surface area contributed by atoms with Gasteiger partial charge in [-0.25, -0.2) is 0 Å². The van der Waals surface area contributed by atoms with Crippen LogP contribution in [0.2, 0.25) is 0 Å². The Morgan fingerprint density at radius 3 is 2.50 bits per heavy atom. The number of hydrogen-bond donors (Lipinski definition) is 2. The van der Waals surface area contributed by atoms with Crippen LogP contribution in [0, 0.1) is 0 Å². The number of nitrogens with two attached hydrogens (primary N) is 1. The van der Waals surface area contributed by atoms with Gasteiger partial charge in [-0.05, 0) is 18.6 Å². The molecule has 0 unspecified atom stereocenters. The second-order valence-electron chi connectivity index (χ2n) is 1.96. The van der Waals surface area contributed by atoms with Crippen LogP contribution >= 0.6 is 0 Å². The van der Waals surface area contributed by atoms with Gasteiger partial charge in [0, 0.05) is 6.54 Å². The van der Waals surface area contributed by atoms with E-state index >= 15 is 0 Å². The van der Waals surface area contributed by atoms with Crippen LogP contribution in [0.3, 0.4) is 0 Å². The zero-order valence-corrected chi connectivity index (χ0v) is 6.17. The van der Waals surface area contributed by atoms with Crippen LogP contribution in [0.1, 0.15) is 6.92 Å². The van der Waals surface area contributed by atoms with Crippen LogP contribution < -0.4 is 5.73 Å². The maximum atomic E-state index is 8.73. The first kappa shape index (κ1) is 8.98. The highest BCUT2D eigenvalue weighted by Gasteiger charge is 1.82. The number of aliphatic hydroxyl groups is 1. The summed E-state index contributed by atoms with van der Waals surface area (Å²) >= 11 is 0. The van der Waals surface area contributed by atoms with E-state index in [1.54, 1.807) is 25.2 Å². The Kier molecular flexibility index (Phi) is 4.33. The summed E-state index contributed by atoms with van der Waals surface area (Å²) in [4.78, 5) is 0. The van der Waals surface area contributed by atoms with Crippen LogP contribution in [0.5, 0.6) is 0 Å². The fourth-order valence-corrected chi connectivity index (χ4v) is 0.447. The molecule has 0 spiro atoms. The smallest absolute Gasteiger partial charge is 0.0891 e. The molecular formula is C8H13NO. The Morgan fingerprint density at radius 1 is 1.60 bits per heavy atom. The first-order valence-electron chi connectivity index (χ1n) is 3.09. The summed E-state index contributed by atoms with van der Waals surface area (Å²) in [5.41, 5.74) is 6.23. The van der Waals surface area contributed by atoms with E-state index in [-0.39, 0.29) is 5.76 Å². The molecule has 0 aliphatic rings. The lowest BCUT2D eigenvalue weighted by Gasteiger charge is -1.91. The van der Waals surface area contributed by atoms with Crippen LogP contribution in [-0.4, -0.2) is 11.7 Å². The van der Waals surface area contributed by atoms with Gasteiger partial charge >= 0.3 is 0 Å². The van der Waals surface area contributed by atoms with E-state index in [1.807, 2.05) is 0 Å². The van der Waals surface area contributed by atoms with Gasteiger partial charge in [-0.2, -0.15) is 0 Å². The minimum Gasteiger partial charge on any atom is -0.513 e. The molecule has 10 heavy (non-hydrogen) atoms. The molecule has 0 amide bonds. The molecule has 0 fully saturated rings. The average Bonchev–Trinajstić information content (AvgIpc) is 1.90. The molecule has 0 aromatic rings. The molecule has 0 aromatic heterocycles. The standard InChI is InChI=1S/C8H13NO/c1-3-8(6-9)5-4-7(2)10/h3-5,10H,1,6,9H2,2H3/b7-4+,8-5+. The Labute approximate surface area is 61.4 Å². The minimum atomic E-state index is 0.271. The predicted octanol–water partition coefficient (Wildman–Crippen LogP) is 1.52. The molecule has 0 heterocycles. The van der Waals surface area contributed by atoms with Crippen molar-refractivity contribution in [1.82, 2.24) is 0 Å². The Hall–Kier alpha value is -1.02. The van der Waals surface area contributed by atoms with E-state index in [0.29, 0.717) is 6.54 Å². The highest BCUT2D eigenvalue weighted by Crippen LogP contribution is 1.94. The minimum absolute atomic E-state index is 0.271. The normalized spacial score (nSPS) is 13.4. The van der Waals surface area contributed by atoms with E-state index in [1.165, 1.54) is 0 Å². The molecule has 0 aliphatic heterocycles. The Balaban J connectivity index is 4.12. The topological polar surface area (TPSA) is 46.2 Å². The SMILES string of the molecule is C=C/C(=C\C=C(/C)O)CN. The predicted molar refractivity (Wildman–Crippen MR) is 43.7 cm³/mol. The Morgan fingerprint density at radius 2 is 2.20 bits per heavy atom. The fourth-order valence-electron chi connectivity index (χ4n) is 0.447. The number of rotatable bonds is 3. The van der Waals surface area contributed by atoms with Crippen LogP contribution in [0.15, 0.2) is 36.1 Å². The van der Waals surface area contributed by atoms with Crippen LogP contribution in [-0.2, 0) is 0 Å². The van der Waals surface area contributed by atoms with Crippen molar-refractivity contribution in [1.29, 1.82) is 0 Å². The van der Waals surface area contributed by atoms with Crippen molar-refractivity contribution < 1.29 is 5.11 Å². The fraction of sp³-hybridized carbons (Fsp3) is 0.250. The van der Waals surface area contributed by atoms with Gasteiger partial charge in [0.2, 0.25) is 0 Å². The summed E-state index contributed by atoms with van der Waals surface area (Å²) in [5, 5.41) is 8.73. The van der Waals surface area contributed by atoms with Crippen molar-refractivity contribution >= 4 is 0 Å². The summed E-state index contributed by atoms with van der Waals surface area (Å²) in [7, 11) is 0. The first-order chi connectivity index (χ1) is 4.70. The maximum absolute atomic E-state index is 8.73. The molecule has 0 bridgehead atoms. The van der Waals surface area contributed by atoms with Gasteiger partial charge in [-0.15, -0.1) is 0 Å². The van der Waals surface area contributed by atoms with Crippen molar-refractivity contribution in [3.8, 4) is 0 Å². The van der Waals surface area contributed by atoms with E-state index in [4.69, 9.17) is 10.8 Å². The van der Waals surface area contributed by atoms with Gasteiger partial charge in [0.05, 0.1) is 5.76 Å². The van der Waals surface area contributed by atoms with Gasteiger partial charge in [-0.3, -0.25) is 0 Å². The summed E-state index contributed by atoms with van der Waals surface area (Å²) in [5.74, 6) is 0.271. The van der Waals surface area contributed by atoms with Crippen LogP contribution in [0.25, 0.3) is 0 Å². The van der Waals surface area contributed by atoms with Gasteiger partial charge in [0.1, 0.15) is 0 Å². The number of allylic oxidation sites excluding steroid dienone is 3. The molecule has 3 N–H and O–H groups in total. The third-order valence-corrected chi connectivity index (χ3v) is 1.04. The van der Waals surface area contributed by atoms with Gasteiger partial charge in [-0.1, -0.05) is 18.7 Å². The molecule has 0 rings (SSSR count). The number of aliphatic hydroxyl groups excluding tert-OH is 1. The second kappa shape index (κ2) is 4.82. The third-order valence-electron chi connectivity index (χ3n) is 1.04. The molecule has 0 saturated heterocycles. The quantitative estimate of drug-likeness (QED) is 0.460. The highest BCUT2D eigenvalue weighted by atomic mass is 16.3. The van der Waals surface area contributed by atoms with Crippen molar-refractivity contribution in [2.24, 2.45) is 5.73 Å². The van der Waals surface area contributed by atoms with Gasteiger partial charge < -0.3 is 10.8 Å². The average molecular weight is 139 g/mol. The molecule has 0 aliphatic carbocycles. The molecule has 2 nitrogen and oxygen atoms in total. The first-order valence-corrected chi connectivity index (χ1v) is 3.09. The highest BCUT2D eigenvalue weighted by molar-refractivity contribution is 5.23. The molecule has 0 aromatic carbocycles. The van der Waals surface area contributed by atoms with E-state index in [9.17, 15) is 0 Å². The zero-order chi connectivity index (χ0) is 7.98. The van der Waals surface area contributed by atoms with Gasteiger partial charge in [0.25, 0.3) is 0 Å². The second-order valence-corrected chi connectivity index (χ2v) is 1.96. The molecule has 0 radical (unpaired) electrons. The van der Waals surface area contributed by atoms with Crippen molar-refractivity contribution in [3.05, 3.63) is 36.1 Å². The van der Waals surface area contributed by atoms with Gasteiger partial charge in [0.15, 0.2) is 0 Å². The van der Waals surface area contributed by atoms with E-state index < -0.39 is 0 Å². The lowest BCUT2D eigenvalue weighted by atomic mass is 10.2. The lowest BCUT2D eigenvalue weighted by Crippen LogP contribution is -1.99. The molecule has 2 heteroatoms. The van der Waals surface area contributed by atoms with Crippen LogP contribution in [0.4, 0.5) is 0 Å². The monoisotopic (exact) mass is 139 g/mol. The molecular weight excluding hydrogens is 126 g/mol. The Bertz CT molecular complexity index is 164. The van der Waals surface area contributed by atoms with Crippen molar-refractivity contribution in [2.45, 2.75) is 6.92 Å². The summed E-state index contributed by atoms with van der Waals surface area (Å²) < 4.78 is 0. The summed E-state index contributed by atoms with van der Waals surface area (Å²) in [6, 6.07) is 0. The van der Waals surface area contributed by atoms with E-state index in [0.717, 1.165) is 5.57 Å².